The monoisotopic (exact) mass is 1360 g/mol. The van der Waals surface area contributed by atoms with Gasteiger partial charge < -0.3 is 33.3 Å². The highest BCUT2D eigenvalue weighted by atomic mass is 79.9. The Morgan fingerprint density at radius 1 is 0.446 bits per heavy atom. The Labute approximate surface area is 520 Å². The molecule has 0 aliphatic rings. The van der Waals surface area contributed by atoms with Crippen molar-refractivity contribution in [2.45, 2.75) is 20.4 Å². The van der Waals surface area contributed by atoms with Crippen LogP contribution in [-0.2, 0) is 20.9 Å². The number of carbonyl (C=O) groups excluding carboxylic acids is 3. The highest BCUT2D eigenvalue weighted by molar-refractivity contribution is 9.11. The largest absolute Gasteiger partial charge is 1.00 e. The van der Waals surface area contributed by atoms with E-state index in [1.54, 1.807) is 19.1 Å². The Morgan fingerprint density at radius 2 is 0.771 bits per heavy atom. The zero-order valence-electron chi connectivity index (χ0n) is 45.5. The SMILES string of the molecule is Brc1cccc(-c2cc(-c3ccccc3)cc(-c3cc(-c4ccccc4)cc(-c4cccc(Br)c4)n3)n2)c1.CC(=O)O.CCO.N.O=C(/C=C/c1ccccc1)C(=O)/C=C/c1ccccc1.O=C(C[n+]1ccccc1)c1cccc(Br)c1.[Br-]. The minimum absolute atomic E-state index is 0. The van der Waals surface area contributed by atoms with Crippen molar-refractivity contribution in [3.8, 4) is 56.2 Å². The first-order chi connectivity index (χ1) is 39.3. The van der Waals surface area contributed by atoms with Crippen LogP contribution in [0, 0.1) is 0 Å². The maximum absolute atomic E-state index is 11.9. The minimum atomic E-state index is -0.833. The molecule has 5 N–H and O–H groups in total. The lowest BCUT2D eigenvalue weighted by atomic mass is 9.99. The van der Waals surface area contributed by atoms with Crippen molar-refractivity contribution in [2.75, 3.05) is 6.61 Å². The van der Waals surface area contributed by atoms with Crippen LogP contribution in [0.25, 0.3) is 68.3 Å². The molecule has 0 fully saturated rings. The van der Waals surface area contributed by atoms with E-state index in [1.165, 1.54) is 12.2 Å². The molecule has 14 heteroatoms. The summed E-state index contributed by atoms with van der Waals surface area (Å²) in [6.07, 6.45) is 9.64. The fourth-order valence-corrected chi connectivity index (χ4v) is 8.80. The van der Waals surface area contributed by atoms with E-state index < -0.39 is 17.5 Å². The molecule has 0 saturated carbocycles. The number of Topliss-reactive ketones (excluding diaryl/α,β-unsaturated/α-hetero) is 1. The molecule has 0 radical (unpaired) electrons. The lowest BCUT2D eigenvalue weighted by Crippen LogP contribution is -3.00. The third-order valence-corrected chi connectivity index (χ3v) is 12.8. The van der Waals surface area contributed by atoms with Crippen LogP contribution in [0.4, 0.5) is 0 Å². The summed E-state index contributed by atoms with van der Waals surface area (Å²) < 4.78 is 4.83. The number of carboxylic acids is 1. The lowest BCUT2D eigenvalue weighted by Gasteiger charge is -2.13. The molecule has 0 aliphatic carbocycles. The maximum Gasteiger partial charge on any atom is 0.300 e. The number of hydrogen-bond donors (Lipinski definition) is 3. The van der Waals surface area contributed by atoms with Crippen molar-refractivity contribution in [1.29, 1.82) is 0 Å². The van der Waals surface area contributed by atoms with Crippen LogP contribution in [0.2, 0.25) is 0 Å². The summed E-state index contributed by atoms with van der Waals surface area (Å²) in [4.78, 5) is 54.5. The van der Waals surface area contributed by atoms with Crippen LogP contribution in [0.15, 0.2) is 275 Å². The molecule has 0 amide bonds. The van der Waals surface area contributed by atoms with Gasteiger partial charge in [0.05, 0.1) is 22.8 Å². The Bertz CT molecular complexity index is 3510. The number of aliphatic carboxylic acids is 1. The molecule has 0 unspecified atom stereocenters. The lowest BCUT2D eigenvalue weighted by molar-refractivity contribution is -0.683. The molecule has 0 saturated heterocycles. The zero-order valence-corrected chi connectivity index (χ0v) is 51.8. The van der Waals surface area contributed by atoms with Gasteiger partial charge in [-0.05, 0) is 113 Å². The summed E-state index contributed by atoms with van der Waals surface area (Å²) in [6.45, 7) is 3.39. The number of carboxylic acid groups (broad SMARTS) is 1. The molecule has 10 aromatic rings. The Balaban J connectivity index is 0.000000276. The average molecular weight is 1360 g/mol. The highest BCUT2D eigenvalue weighted by Gasteiger charge is 2.15. The number of ketones is 3. The Hall–Kier alpha value is -8.21. The van der Waals surface area contributed by atoms with Crippen molar-refractivity contribution >= 4 is 83.3 Å². The standard InChI is InChI=1S/C34H22Br2N2.C18H14O2.C13H11BrNO.C2H4O2.C2H6O.BrH.H3N/c35-29-15-7-13-25(17-29)31-19-27(23-9-3-1-4-10-23)21-33(37-31)34-22-28(24-11-5-2-6-12-24)20-32(38-34)26-14-8-16-30(36)18-26;19-17(13-11-15-7-3-1-4-8-15)18(20)14-12-16-9-5-2-6-10-16;14-12-6-4-5-11(9-12)13(16)10-15-7-2-1-3-8-15;1-2(3)4;1-2-3;;/h1-22H;1-14H;1-9H,10H2;1H3,(H,3,4);3H,2H2,1H3;1H;1H3/q;;+1;;;;/p-1/b;13-11+,14-12+;;;;;. The Kier molecular flexibility index (Phi) is 29.4. The van der Waals surface area contributed by atoms with Gasteiger partial charge in [0.1, 0.15) is 0 Å². The average Bonchev–Trinajstić information content (AvgIpc) is 3.45. The van der Waals surface area contributed by atoms with Crippen molar-refractivity contribution < 1.29 is 50.9 Å². The number of aromatic nitrogens is 3. The van der Waals surface area contributed by atoms with E-state index >= 15 is 0 Å². The van der Waals surface area contributed by atoms with Crippen LogP contribution < -0.4 is 27.7 Å². The summed E-state index contributed by atoms with van der Waals surface area (Å²) in [7, 11) is 0. The molecule has 0 spiro atoms. The molecule has 10 nitrogen and oxygen atoms in total. The van der Waals surface area contributed by atoms with Gasteiger partial charge in [0.25, 0.3) is 5.97 Å². The number of allylic oxidation sites excluding steroid dienone is 2. The number of rotatable bonds is 13. The van der Waals surface area contributed by atoms with E-state index in [2.05, 4.69) is 145 Å². The number of aliphatic hydroxyl groups is 1. The molecule has 3 heterocycles. The van der Waals surface area contributed by atoms with Gasteiger partial charge in [0, 0.05) is 55.8 Å². The van der Waals surface area contributed by atoms with Gasteiger partial charge in [-0.25, -0.2) is 9.97 Å². The number of nitrogens with zero attached hydrogens (tertiary/aromatic N) is 3. The fourth-order valence-electron chi connectivity index (χ4n) is 7.60. The first kappa shape index (κ1) is 67.3. The molecule has 7 aromatic carbocycles. The van der Waals surface area contributed by atoms with Gasteiger partial charge in [-0.3, -0.25) is 19.2 Å². The van der Waals surface area contributed by atoms with Crippen LogP contribution >= 0.6 is 47.8 Å². The first-order valence-electron chi connectivity index (χ1n) is 25.5. The number of carbonyl (C=O) groups is 4. The molecular formula is C69H60Br4N4O6. The summed E-state index contributed by atoms with van der Waals surface area (Å²) in [6, 6.07) is 77.9. The number of benzene rings is 7. The predicted molar refractivity (Wildman–Crippen MR) is 342 cm³/mol. The summed E-state index contributed by atoms with van der Waals surface area (Å²) >= 11 is 10.6. The van der Waals surface area contributed by atoms with Gasteiger partial charge >= 0.3 is 0 Å². The molecular weight excluding hydrogens is 1300 g/mol. The van der Waals surface area contributed by atoms with Crippen molar-refractivity contribution in [2.24, 2.45) is 0 Å². The van der Waals surface area contributed by atoms with E-state index in [9.17, 15) is 14.4 Å². The maximum atomic E-state index is 11.9. The number of hydrogen-bond acceptors (Lipinski definition) is 8. The first-order valence-corrected chi connectivity index (χ1v) is 27.9. The smallest absolute Gasteiger partial charge is 0.300 e. The number of pyridine rings is 3. The van der Waals surface area contributed by atoms with Crippen molar-refractivity contribution in [1.82, 2.24) is 16.1 Å². The topological polar surface area (TPSA) is 173 Å². The fraction of sp³-hybridized carbons (Fsp3) is 0.0580. The van der Waals surface area contributed by atoms with E-state index in [1.807, 2.05) is 156 Å². The van der Waals surface area contributed by atoms with Crippen LogP contribution in [-0.4, -0.2) is 50.1 Å². The van der Waals surface area contributed by atoms with Gasteiger partial charge in [0.15, 0.2) is 12.4 Å². The van der Waals surface area contributed by atoms with Crippen molar-refractivity contribution in [3.63, 3.8) is 0 Å². The third-order valence-electron chi connectivity index (χ3n) is 11.3. The van der Waals surface area contributed by atoms with Crippen LogP contribution in [0.1, 0.15) is 35.3 Å². The summed E-state index contributed by atoms with van der Waals surface area (Å²) in [5, 5.41) is 15.0. The van der Waals surface area contributed by atoms with Crippen LogP contribution in [0.3, 0.4) is 0 Å². The van der Waals surface area contributed by atoms with Gasteiger partial charge in [-0.1, -0.05) is 224 Å². The van der Waals surface area contributed by atoms with Crippen molar-refractivity contribution in [3.05, 3.63) is 291 Å². The summed E-state index contributed by atoms with van der Waals surface area (Å²) in [5.41, 5.74) is 12.5. The normalized spacial score (nSPS) is 10.1. The Morgan fingerprint density at radius 3 is 1.14 bits per heavy atom. The van der Waals surface area contributed by atoms with Crippen LogP contribution in [0.5, 0.6) is 0 Å². The second kappa shape index (κ2) is 36.3. The second-order valence-electron chi connectivity index (χ2n) is 17.5. The van der Waals surface area contributed by atoms with E-state index in [0.29, 0.717) is 6.54 Å². The van der Waals surface area contributed by atoms with Gasteiger partial charge in [-0.2, -0.15) is 4.57 Å². The highest BCUT2D eigenvalue weighted by Crippen LogP contribution is 2.34. The molecule has 0 bridgehead atoms. The predicted octanol–water partition coefficient (Wildman–Crippen LogP) is 13.8. The molecule has 0 atom stereocenters. The van der Waals surface area contributed by atoms with Gasteiger partial charge in [-0.15, -0.1) is 0 Å². The number of halogens is 4. The van der Waals surface area contributed by atoms with E-state index in [0.717, 1.165) is 93.2 Å². The quantitative estimate of drug-likeness (QED) is 0.0439. The van der Waals surface area contributed by atoms with Gasteiger partial charge in [0.2, 0.25) is 23.9 Å². The molecule has 420 valence electrons. The molecule has 0 aliphatic heterocycles. The molecule has 3 aromatic heterocycles. The van der Waals surface area contributed by atoms with E-state index in [4.69, 9.17) is 25.0 Å². The van der Waals surface area contributed by atoms with E-state index in [-0.39, 0.29) is 35.5 Å². The zero-order chi connectivity index (χ0) is 57.8. The molecule has 83 heavy (non-hydrogen) atoms. The second-order valence-corrected chi connectivity index (χ2v) is 20.3. The number of aliphatic hydroxyl groups excluding tert-OH is 1. The summed E-state index contributed by atoms with van der Waals surface area (Å²) in [5.74, 6) is -1.78. The third kappa shape index (κ3) is 23.3. The minimum Gasteiger partial charge on any atom is -1.00 e. The molecule has 10 rings (SSSR count).